The van der Waals surface area contributed by atoms with E-state index in [-0.39, 0.29) is 6.42 Å². The minimum absolute atomic E-state index is 0.0128. The van der Waals surface area contributed by atoms with E-state index in [1.807, 2.05) is 24.3 Å². The average Bonchev–Trinajstić information content (AvgIpc) is 2.18. The molecule has 1 aromatic carbocycles. The zero-order valence-electron chi connectivity index (χ0n) is 7.60. The molecule has 0 atom stereocenters. The highest BCUT2D eigenvalue weighted by Gasteiger charge is 1.95. The van der Waals surface area contributed by atoms with E-state index in [0.717, 1.165) is 11.3 Å². The van der Waals surface area contributed by atoms with Gasteiger partial charge in [0, 0.05) is 0 Å². The van der Waals surface area contributed by atoms with Crippen LogP contribution in [0, 0.1) is 0 Å². The molecule has 4 nitrogen and oxygen atoms in total. The first kappa shape index (κ1) is 10.3. The van der Waals surface area contributed by atoms with Gasteiger partial charge in [0.05, 0.1) is 12.1 Å². The topological polar surface area (TPSA) is 75.3 Å². The highest BCUT2D eigenvalue weighted by atomic mass is 16.4. The van der Waals surface area contributed by atoms with E-state index in [2.05, 4.69) is 5.43 Å². The van der Waals surface area contributed by atoms with Crippen LogP contribution in [0.4, 0.5) is 5.69 Å². The number of nitrogens with one attached hydrogen (secondary N) is 1. The molecule has 0 saturated heterocycles. The van der Waals surface area contributed by atoms with Gasteiger partial charge in [-0.3, -0.25) is 10.6 Å². The van der Waals surface area contributed by atoms with Crippen molar-refractivity contribution >= 4 is 17.7 Å². The van der Waals surface area contributed by atoms with Crippen molar-refractivity contribution in [2.24, 2.45) is 5.84 Å². The lowest BCUT2D eigenvalue weighted by Gasteiger charge is -2.03. The Bertz CT molecular complexity index is 348. The highest BCUT2D eigenvalue weighted by molar-refractivity contribution is 5.72. The molecule has 0 aliphatic heterocycles. The number of benzene rings is 1. The number of hydrazine groups is 1. The molecule has 0 bridgehead atoms. The van der Waals surface area contributed by atoms with Crippen LogP contribution in [0.1, 0.15) is 12.0 Å². The Morgan fingerprint density at radius 2 is 2.21 bits per heavy atom. The van der Waals surface area contributed by atoms with Gasteiger partial charge in [0.15, 0.2) is 0 Å². The van der Waals surface area contributed by atoms with Gasteiger partial charge in [-0.25, -0.2) is 0 Å². The zero-order valence-corrected chi connectivity index (χ0v) is 7.60. The van der Waals surface area contributed by atoms with Gasteiger partial charge in [-0.2, -0.15) is 0 Å². The molecule has 0 amide bonds. The fourth-order valence-corrected chi connectivity index (χ4v) is 1.06. The molecule has 0 heterocycles. The van der Waals surface area contributed by atoms with Crippen LogP contribution in [0.25, 0.3) is 6.08 Å². The number of aliphatic carboxylic acids is 1. The smallest absolute Gasteiger partial charge is 0.307 e. The molecule has 1 rings (SSSR count). The Balaban J connectivity index is 2.75. The first-order valence-corrected chi connectivity index (χ1v) is 4.18. The number of anilines is 1. The van der Waals surface area contributed by atoms with E-state index in [1.165, 1.54) is 0 Å². The molecule has 0 saturated carbocycles. The van der Waals surface area contributed by atoms with Crippen molar-refractivity contribution in [1.82, 2.24) is 0 Å². The molecule has 0 aliphatic rings. The van der Waals surface area contributed by atoms with Crippen LogP contribution in [0.3, 0.4) is 0 Å². The first-order chi connectivity index (χ1) is 6.74. The van der Waals surface area contributed by atoms with Crippen molar-refractivity contribution in [3.05, 3.63) is 35.9 Å². The lowest BCUT2D eigenvalue weighted by atomic mass is 10.1. The second-order valence-corrected chi connectivity index (χ2v) is 2.73. The number of hydrogen-bond donors (Lipinski definition) is 3. The van der Waals surface area contributed by atoms with Gasteiger partial charge in [-0.05, 0) is 11.6 Å². The second kappa shape index (κ2) is 5.04. The van der Waals surface area contributed by atoms with Crippen molar-refractivity contribution in [3.63, 3.8) is 0 Å². The van der Waals surface area contributed by atoms with E-state index in [4.69, 9.17) is 10.9 Å². The number of hydrogen-bond acceptors (Lipinski definition) is 3. The quantitative estimate of drug-likeness (QED) is 0.498. The van der Waals surface area contributed by atoms with E-state index >= 15 is 0 Å². The fourth-order valence-electron chi connectivity index (χ4n) is 1.06. The Labute approximate surface area is 82.0 Å². The molecule has 0 fully saturated rings. The summed E-state index contributed by atoms with van der Waals surface area (Å²) >= 11 is 0. The van der Waals surface area contributed by atoms with E-state index in [9.17, 15) is 4.79 Å². The van der Waals surface area contributed by atoms with Gasteiger partial charge in [0.25, 0.3) is 0 Å². The number of carboxylic acids is 1. The molecule has 0 aromatic heterocycles. The summed E-state index contributed by atoms with van der Waals surface area (Å²) in [5.74, 6) is 4.43. The van der Waals surface area contributed by atoms with E-state index in [1.54, 1.807) is 12.2 Å². The van der Waals surface area contributed by atoms with Gasteiger partial charge in [0.2, 0.25) is 0 Å². The minimum atomic E-state index is -0.848. The largest absolute Gasteiger partial charge is 0.481 e. The molecule has 0 radical (unpaired) electrons. The Morgan fingerprint density at radius 1 is 1.50 bits per heavy atom. The molecule has 0 spiro atoms. The summed E-state index contributed by atoms with van der Waals surface area (Å²) in [6.07, 6.45) is 3.32. The van der Waals surface area contributed by atoms with Crippen molar-refractivity contribution < 1.29 is 9.90 Å². The van der Waals surface area contributed by atoms with Crippen molar-refractivity contribution in [3.8, 4) is 0 Å². The number of carbonyl (C=O) groups is 1. The monoisotopic (exact) mass is 192 g/mol. The van der Waals surface area contributed by atoms with Crippen LogP contribution in [0.5, 0.6) is 0 Å². The predicted octanol–water partition coefficient (Wildman–Crippen LogP) is 1.46. The Kier molecular flexibility index (Phi) is 3.69. The lowest BCUT2D eigenvalue weighted by molar-refractivity contribution is -0.135. The van der Waals surface area contributed by atoms with Crippen molar-refractivity contribution in [1.29, 1.82) is 0 Å². The lowest BCUT2D eigenvalue weighted by Crippen LogP contribution is -2.07. The van der Waals surface area contributed by atoms with Gasteiger partial charge < -0.3 is 10.5 Å². The summed E-state index contributed by atoms with van der Waals surface area (Å²) in [6, 6.07) is 7.39. The summed E-state index contributed by atoms with van der Waals surface area (Å²) < 4.78 is 0. The maximum absolute atomic E-state index is 10.3. The van der Waals surface area contributed by atoms with E-state index in [0.29, 0.717) is 0 Å². The maximum atomic E-state index is 10.3. The molecule has 14 heavy (non-hydrogen) atoms. The van der Waals surface area contributed by atoms with Crippen molar-refractivity contribution in [2.75, 3.05) is 5.43 Å². The number of carboxylic acid groups (broad SMARTS) is 1. The van der Waals surface area contributed by atoms with Crippen LogP contribution in [0.2, 0.25) is 0 Å². The third-order valence-electron chi connectivity index (χ3n) is 1.71. The molecule has 4 N–H and O–H groups in total. The maximum Gasteiger partial charge on any atom is 0.307 e. The van der Waals surface area contributed by atoms with Gasteiger partial charge in [0.1, 0.15) is 0 Å². The minimum Gasteiger partial charge on any atom is -0.481 e. The fraction of sp³-hybridized carbons (Fsp3) is 0.100. The van der Waals surface area contributed by atoms with Crippen LogP contribution in [-0.2, 0) is 4.79 Å². The molecule has 1 aromatic rings. The summed E-state index contributed by atoms with van der Waals surface area (Å²) in [5.41, 5.74) is 4.18. The van der Waals surface area contributed by atoms with Crippen LogP contribution >= 0.6 is 0 Å². The summed E-state index contributed by atoms with van der Waals surface area (Å²) in [4.78, 5) is 10.3. The molecule has 0 aliphatic carbocycles. The number of rotatable bonds is 4. The molecule has 74 valence electrons. The van der Waals surface area contributed by atoms with Crippen LogP contribution in [-0.4, -0.2) is 11.1 Å². The summed E-state index contributed by atoms with van der Waals surface area (Å²) in [5, 5.41) is 8.43. The molecular formula is C10H12N2O2. The third-order valence-corrected chi connectivity index (χ3v) is 1.71. The molecule has 0 unspecified atom stereocenters. The first-order valence-electron chi connectivity index (χ1n) is 4.18. The van der Waals surface area contributed by atoms with Gasteiger partial charge in [-0.15, -0.1) is 0 Å². The second-order valence-electron chi connectivity index (χ2n) is 2.73. The van der Waals surface area contributed by atoms with E-state index < -0.39 is 5.97 Å². The third kappa shape index (κ3) is 2.91. The number of nitrogens with two attached hydrogens (primary N) is 1. The Morgan fingerprint density at radius 3 is 2.86 bits per heavy atom. The average molecular weight is 192 g/mol. The van der Waals surface area contributed by atoms with Crippen LogP contribution < -0.4 is 11.3 Å². The summed E-state index contributed by atoms with van der Waals surface area (Å²) in [6.45, 7) is 0. The van der Waals surface area contributed by atoms with Gasteiger partial charge in [-0.1, -0.05) is 30.4 Å². The molecular weight excluding hydrogens is 180 g/mol. The Hall–Kier alpha value is -1.81. The van der Waals surface area contributed by atoms with Gasteiger partial charge >= 0.3 is 5.97 Å². The standard InChI is InChI=1S/C10H12N2O2/c11-12-9-6-2-1-4-8(9)5-3-7-10(13)14/h1-6,12H,7,11H2,(H,13,14). The highest BCUT2D eigenvalue weighted by Crippen LogP contribution is 2.15. The zero-order chi connectivity index (χ0) is 10.4. The molecule has 4 heteroatoms. The van der Waals surface area contributed by atoms with Crippen molar-refractivity contribution in [2.45, 2.75) is 6.42 Å². The number of nitrogen functional groups attached to an aromatic ring is 1. The summed E-state index contributed by atoms with van der Waals surface area (Å²) in [7, 11) is 0. The normalized spacial score (nSPS) is 10.4. The number of para-hydroxylation sites is 1. The predicted molar refractivity (Wildman–Crippen MR) is 55.5 cm³/mol. The van der Waals surface area contributed by atoms with Crippen LogP contribution in [0.15, 0.2) is 30.3 Å². The SMILES string of the molecule is NNc1ccccc1C=CCC(=O)O.